The van der Waals surface area contributed by atoms with Crippen molar-refractivity contribution in [3.63, 3.8) is 0 Å². The Morgan fingerprint density at radius 3 is 2.62 bits per heavy atom. The van der Waals surface area contributed by atoms with E-state index in [4.69, 9.17) is 0 Å². The maximum atomic E-state index is 9.86. The lowest BCUT2D eigenvalue weighted by Gasteiger charge is -2.29. The first kappa shape index (κ1) is 11.4. The Bertz CT molecular complexity index is 352. The highest BCUT2D eigenvalue weighted by molar-refractivity contribution is 6.45. The summed E-state index contributed by atoms with van der Waals surface area (Å²) in [5.74, 6) is 0. The molecular weight excluding hydrogens is 197 g/mol. The van der Waals surface area contributed by atoms with Crippen LogP contribution in [0.4, 0.5) is 0 Å². The Balaban J connectivity index is 2.25. The van der Waals surface area contributed by atoms with Crippen LogP contribution in [0, 0.1) is 0 Å². The molecule has 0 bridgehead atoms. The fourth-order valence-electron chi connectivity index (χ4n) is 2.65. The first-order valence-corrected chi connectivity index (χ1v) is 5.87. The van der Waals surface area contributed by atoms with Gasteiger partial charge in [-0.15, -0.1) is 6.58 Å². The largest absolute Gasteiger partial charge is 0.437 e. The summed E-state index contributed by atoms with van der Waals surface area (Å²) in [4.78, 5) is 2.14. The van der Waals surface area contributed by atoms with Crippen LogP contribution in [0.15, 0.2) is 43.0 Å². The molecule has 16 heavy (non-hydrogen) atoms. The van der Waals surface area contributed by atoms with Gasteiger partial charge in [0, 0.05) is 12.1 Å². The van der Waals surface area contributed by atoms with Gasteiger partial charge in [0.1, 0.15) is 0 Å². The highest BCUT2D eigenvalue weighted by Gasteiger charge is 2.36. The molecule has 1 N–H and O–H groups in total. The van der Waals surface area contributed by atoms with Crippen LogP contribution in [0.5, 0.6) is 0 Å². The van der Waals surface area contributed by atoms with Gasteiger partial charge in [-0.3, -0.25) is 0 Å². The van der Waals surface area contributed by atoms with Crippen molar-refractivity contribution < 1.29 is 5.02 Å². The quantitative estimate of drug-likeness (QED) is 0.618. The monoisotopic (exact) mass is 215 g/mol. The number of hydrogen-bond donors (Lipinski definition) is 1. The molecule has 2 unspecified atom stereocenters. The number of rotatable bonds is 3. The molecule has 3 heteroatoms. The van der Waals surface area contributed by atoms with Crippen LogP contribution >= 0.6 is 0 Å². The van der Waals surface area contributed by atoms with Crippen molar-refractivity contribution in [2.75, 3.05) is 0 Å². The van der Waals surface area contributed by atoms with Crippen LogP contribution in [-0.4, -0.2) is 22.9 Å². The summed E-state index contributed by atoms with van der Waals surface area (Å²) in [6, 6.07) is 11.0. The Hall–Kier alpha value is -1.06. The third-order valence-corrected chi connectivity index (χ3v) is 3.37. The maximum Gasteiger partial charge on any atom is 0.377 e. The molecule has 0 aliphatic carbocycles. The third kappa shape index (κ3) is 2.06. The minimum Gasteiger partial charge on any atom is -0.437 e. The van der Waals surface area contributed by atoms with Crippen molar-refractivity contribution >= 4 is 7.05 Å². The van der Waals surface area contributed by atoms with Crippen LogP contribution in [0.1, 0.15) is 24.4 Å². The molecule has 2 atom stereocenters. The number of nitrogens with zero attached hydrogens (tertiary/aromatic N) is 1. The third-order valence-electron chi connectivity index (χ3n) is 3.37. The Labute approximate surface area is 97.7 Å². The van der Waals surface area contributed by atoms with E-state index in [0.29, 0.717) is 12.1 Å². The Kier molecular flexibility index (Phi) is 3.47. The molecule has 0 aromatic heterocycles. The van der Waals surface area contributed by atoms with Gasteiger partial charge in [-0.1, -0.05) is 36.4 Å². The first-order chi connectivity index (χ1) is 7.74. The summed E-state index contributed by atoms with van der Waals surface area (Å²) < 4.78 is 0. The molecule has 1 saturated heterocycles. The highest BCUT2D eigenvalue weighted by Crippen LogP contribution is 2.36. The topological polar surface area (TPSA) is 23.5 Å². The van der Waals surface area contributed by atoms with E-state index in [-0.39, 0.29) is 0 Å². The minimum absolute atomic E-state index is 0.296. The summed E-state index contributed by atoms with van der Waals surface area (Å²) in [5.41, 5.74) is 1.28. The van der Waals surface area contributed by atoms with E-state index in [9.17, 15) is 5.02 Å². The zero-order valence-corrected chi connectivity index (χ0v) is 9.71. The van der Waals surface area contributed by atoms with Crippen molar-refractivity contribution in [3.05, 3.63) is 48.6 Å². The van der Waals surface area contributed by atoms with E-state index < -0.39 is 7.05 Å². The minimum atomic E-state index is -0.421. The lowest BCUT2D eigenvalue weighted by molar-refractivity contribution is 0.316. The lowest BCUT2D eigenvalue weighted by Crippen LogP contribution is -2.41. The summed E-state index contributed by atoms with van der Waals surface area (Å²) in [6.07, 6.45) is 4.11. The summed E-state index contributed by atoms with van der Waals surface area (Å²) in [5, 5.41) is 9.86. The predicted octanol–water partition coefficient (Wildman–Crippen LogP) is 2.49. The van der Waals surface area contributed by atoms with Gasteiger partial charge in [-0.05, 0) is 25.2 Å². The Morgan fingerprint density at radius 1 is 1.38 bits per heavy atom. The molecule has 1 fully saturated rings. The zero-order valence-electron chi connectivity index (χ0n) is 9.71. The van der Waals surface area contributed by atoms with Gasteiger partial charge in [0.15, 0.2) is 0 Å². The van der Waals surface area contributed by atoms with Crippen molar-refractivity contribution in [1.29, 1.82) is 0 Å². The summed E-state index contributed by atoms with van der Waals surface area (Å²) in [6.45, 7) is 5.68. The van der Waals surface area contributed by atoms with Crippen molar-refractivity contribution in [3.8, 4) is 0 Å². The predicted molar refractivity (Wildman–Crippen MR) is 68.1 cm³/mol. The molecule has 0 spiro atoms. The second kappa shape index (κ2) is 4.85. The fraction of sp³-hybridized carbons (Fsp3) is 0.385. The van der Waals surface area contributed by atoms with Crippen LogP contribution in [-0.2, 0) is 0 Å². The second-order valence-corrected chi connectivity index (χ2v) is 4.39. The molecule has 0 saturated carbocycles. The molecule has 2 rings (SSSR count). The van der Waals surface area contributed by atoms with Gasteiger partial charge in [0.2, 0.25) is 0 Å². The van der Waals surface area contributed by atoms with E-state index in [1.807, 2.05) is 19.0 Å². The first-order valence-electron chi connectivity index (χ1n) is 5.87. The SMILES string of the molecule is C=CC1CCC(c2ccccc2)N1B(C)O. The van der Waals surface area contributed by atoms with Gasteiger partial charge in [0.25, 0.3) is 0 Å². The molecule has 0 radical (unpaired) electrons. The van der Waals surface area contributed by atoms with Crippen LogP contribution < -0.4 is 0 Å². The number of benzene rings is 1. The molecule has 0 amide bonds. The molecule has 1 heterocycles. The van der Waals surface area contributed by atoms with Gasteiger partial charge in [0.05, 0.1) is 0 Å². The molecule has 1 aliphatic heterocycles. The smallest absolute Gasteiger partial charge is 0.377 e. The van der Waals surface area contributed by atoms with Crippen molar-refractivity contribution in [2.45, 2.75) is 31.7 Å². The molecule has 1 aliphatic rings. The standard InChI is InChI=1S/C13H18BNO/c1-3-12-9-10-13(15(12)14(2)16)11-7-5-4-6-8-11/h3-8,12-13,16H,1,9-10H2,2H3. The van der Waals surface area contributed by atoms with Gasteiger partial charge in [-0.25, -0.2) is 0 Å². The lowest BCUT2D eigenvalue weighted by atomic mass is 9.81. The van der Waals surface area contributed by atoms with E-state index in [1.165, 1.54) is 5.56 Å². The van der Waals surface area contributed by atoms with E-state index in [0.717, 1.165) is 12.8 Å². The molecule has 2 nitrogen and oxygen atoms in total. The normalized spacial score (nSPS) is 25.6. The summed E-state index contributed by atoms with van der Waals surface area (Å²) >= 11 is 0. The van der Waals surface area contributed by atoms with Crippen LogP contribution in [0.2, 0.25) is 6.82 Å². The van der Waals surface area contributed by atoms with E-state index in [2.05, 4.69) is 35.7 Å². The average molecular weight is 215 g/mol. The van der Waals surface area contributed by atoms with E-state index >= 15 is 0 Å². The fourth-order valence-corrected chi connectivity index (χ4v) is 2.65. The maximum absolute atomic E-state index is 9.86. The molecule has 1 aromatic carbocycles. The van der Waals surface area contributed by atoms with Gasteiger partial charge in [-0.2, -0.15) is 0 Å². The molecular formula is C13H18BNO. The Morgan fingerprint density at radius 2 is 2.06 bits per heavy atom. The van der Waals surface area contributed by atoms with Crippen LogP contribution in [0.3, 0.4) is 0 Å². The highest BCUT2D eigenvalue weighted by atomic mass is 16.2. The van der Waals surface area contributed by atoms with Crippen molar-refractivity contribution in [1.82, 2.24) is 4.81 Å². The second-order valence-electron chi connectivity index (χ2n) is 4.39. The van der Waals surface area contributed by atoms with Crippen LogP contribution in [0.25, 0.3) is 0 Å². The van der Waals surface area contributed by atoms with Gasteiger partial charge < -0.3 is 9.83 Å². The molecule has 84 valence electrons. The number of hydrogen-bond acceptors (Lipinski definition) is 2. The van der Waals surface area contributed by atoms with Gasteiger partial charge >= 0.3 is 7.05 Å². The summed E-state index contributed by atoms with van der Waals surface area (Å²) in [7, 11) is -0.421. The zero-order chi connectivity index (χ0) is 11.5. The molecule has 1 aromatic rings. The average Bonchev–Trinajstić information content (AvgIpc) is 2.73. The van der Waals surface area contributed by atoms with E-state index in [1.54, 1.807) is 0 Å². The van der Waals surface area contributed by atoms with Crippen molar-refractivity contribution in [2.24, 2.45) is 0 Å².